The summed E-state index contributed by atoms with van der Waals surface area (Å²) in [6.45, 7) is 1.81. The van der Waals surface area contributed by atoms with E-state index in [9.17, 15) is 17.6 Å². The largest absolute Gasteiger partial charge is 0.419 e. The lowest BCUT2D eigenvalue weighted by molar-refractivity contribution is -0.139. The molecule has 0 saturated heterocycles. The molecular formula is C14H12F4N2. The molecule has 0 fully saturated rings. The second kappa shape index (κ2) is 5.03. The van der Waals surface area contributed by atoms with Crippen molar-refractivity contribution in [3.63, 3.8) is 0 Å². The van der Waals surface area contributed by atoms with Gasteiger partial charge in [0.05, 0.1) is 5.56 Å². The predicted octanol–water partition coefficient (Wildman–Crippen LogP) is 4.48. The Morgan fingerprint density at radius 1 is 1.00 bits per heavy atom. The number of nitrogens with two attached hydrogens (primary N) is 1. The number of anilines is 3. The summed E-state index contributed by atoms with van der Waals surface area (Å²) in [5.41, 5.74) is 6.40. The Balaban J connectivity index is 2.35. The maximum Gasteiger partial charge on any atom is 0.419 e. The van der Waals surface area contributed by atoms with Crippen molar-refractivity contribution in [1.29, 1.82) is 0 Å². The van der Waals surface area contributed by atoms with E-state index in [1.807, 2.05) is 6.92 Å². The molecule has 6 heteroatoms. The monoisotopic (exact) mass is 284 g/mol. The summed E-state index contributed by atoms with van der Waals surface area (Å²) < 4.78 is 51.0. The van der Waals surface area contributed by atoms with Gasteiger partial charge in [0.25, 0.3) is 0 Å². The van der Waals surface area contributed by atoms with Crippen molar-refractivity contribution >= 4 is 17.1 Å². The minimum atomic E-state index is -4.73. The first kappa shape index (κ1) is 14.2. The summed E-state index contributed by atoms with van der Waals surface area (Å²) >= 11 is 0. The zero-order valence-corrected chi connectivity index (χ0v) is 10.6. The summed E-state index contributed by atoms with van der Waals surface area (Å²) in [6.07, 6.45) is -4.73. The highest BCUT2D eigenvalue weighted by Crippen LogP contribution is 2.33. The van der Waals surface area contributed by atoms with E-state index >= 15 is 0 Å². The number of halogens is 4. The van der Waals surface area contributed by atoms with Gasteiger partial charge in [0.1, 0.15) is 5.82 Å². The van der Waals surface area contributed by atoms with E-state index in [0.29, 0.717) is 11.4 Å². The normalized spacial score (nSPS) is 11.4. The van der Waals surface area contributed by atoms with Crippen molar-refractivity contribution in [2.45, 2.75) is 13.1 Å². The first-order valence-electron chi connectivity index (χ1n) is 5.76. The van der Waals surface area contributed by atoms with E-state index in [-0.39, 0.29) is 5.69 Å². The molecule has 2 rings (SSSR count). The second-order valence-corrected chi connectivity index (χ2v) is 4.45. The second-order valence-electron chi connectivity index (χ2n) is 4.45. The van der Waals surface area contributed by atoms with Gasteiger partial charge in [-0.1, -0.05) is 0 Å². The van der Waals surface area contributed by atoms with E-state index in [4.69, 9.17) is 5.73 Å². The van der Waals surface area contributed by atoms with Crippen LogP contribution in [-0.4, -0.2) is 0 Å². The van der Waals surface area contributed by atoms with Gasteiger partial charge in [0.15, 0.2) is 0 Å². The van der Waals surface area contributed by atoms with Crippen LogP contribution in [0.3, 0.4) is 0 Å². The molecule has 2 aromatic rings. The average molecular weight is 284 g/mol. The van der Waals surface area contributed by atoms with Crippen LogP contribution in [0.5, 0.6) is 0 Å². The Kier molecular flexibility index (Phi) is 3.57. The van der Waals surface area contributed by atoms with Crippen LogP contribution in [0.15, 0.2) is 36.4 Å². The SMILES string of the molecule is Cc1cc(N)cc(Nc2ccc(F)c(C(F)(F)F)c2)c1. The molecule has 0 radical (unpaired) electrons. The van der Waals surface area contributed by atoms with E-state index in [1.54, 1.807) is 18.2 Å². The molecule has 0 spiro atoms. The zero-order valence-electron chi connectivity index (χ0n) is 10.6. The summed E-state index contributed by atoms with van der Waals surface area (Å²) in [7, 11) is 0. The first-order valence-corrected chi connectivity index (χ1v) is 5.76. The van der Waals surface area contributed by atoms with Gasteiger partial charge in [-0.15, -0.1) is 0 Å². The number of hydrogen-bond donors (Lipinski definition) is 2. The number of nitrogen functional groups attached to an aromatic ring is 1. The molecular weight excluding hydrogens is 272 g/mol. The molecule has 0 atom stereocenters. The number of hydrogen-bond acceptors (Lipinski definition) is 2. The maximum atomic E-state index is 13.2. The number of alkyl halides is 3. The van der Waals surface area contributed by atoms with Crippen LogP contribution in [0.2, 0.25) is 0 Å². The van der Waals surface area contributed by atoms with E-state index in [1.165, 1.54) is 6.07 Å². The molecule has 2 nitrogen and oxygen atoms in total. The molecule has 3 N–H and O–H groups in total. The molecule has 106 valence electrons. The molecule has 0 aliphatic heterocycles. The molecule has 0 aromatic heterocycles. The lowest BCUT2D eigenvalue weighted by Gasteiger charge is -2.12. The van der Waals surface area contributed by atoms with Crippen molar-refractivity contribution < 1.29 is 17.6 Å². The van der Waals surface area contributed by atoms with Crippen molar-refractivity contribution in [3.8, 4) is 0 Å². The Bertz CT molecular complexity index is 615. The smallest absolute Gasteiger partial charge is 0.399 e. The molecule has 0 unspecified atom stereocenters. The van der Waals surface area contributed by atoms with E-state index in [2.05, 4.69) is 5.32 Å². The molecule has 20 heavy (non-hydrogen) atoms. The summed E-state index contributed by atoms with van der Waals surface area (Å²) in [6, 6.07) is 7.80. The third-order valence-electron chi connectivity index (χ3n) is 2.66. The number of aryl methyl sites for hydroxylation is 1. The van der Waals surface area contributed by atoms with Gasteiger partial charge in [-0.05, 0) is 48.9 Å². The van der Waals surface area contributed by atoms with Gasteiger partial charge in [-0.2, -0.15) is 13.2 Å². The summed E-state index contributed by atoms with van der Waals surface area (Å²) in [5, 5.41) is 2.78. The highest BCUT2D eigenvalue weighted by Gasteiger charge is 2.34. The fourth-order valence-corrected chi connectivity index (χ4v) is 1.87. The molecule has 0 heterocycles. The minimum absolute atomic E-state index is 0.142. The van der Waals surface area contributed by atoms with Gasteiger partial charge >= 0.3 is 6.18 Å². The lowest BCUT2D eigenvalue weighted by Crippen LogP contribution is -2.08. The highest BCUT2D eigenvalue weighted by atomic mass is 19.4. The maximum absolute atomic E-state index is 13.2. The minimum Gasteiger partial charge on any atom is -0.399 e. The van der Waals surface area contributed by atoms with Crippen molar-refractivity contribution in [2.24, 2.45) is 0 Å². The average Bonchev–Trinajstić information content (AvgIpc) is 2.29. The van der Waals surface area contributed by atoms with Crippen LogP contribution >= 0.6 is 0 Å². The third kappa shape index (κ3) is 3.20. The van der Waals surface area contributed by atoms with Crippen LogP contribution in [-0.2, 0) is 6.18 Å². The van der Waals surface area contributed by atoms with Gasteiger partial charge in [-0.25, -0.2) is 4.39 Å². The molecule has 0 aliphatic rings. The van der Waals surface area contributed by atoms with Crippen molar-refractivity contribution in [3.05, 3.63) is 53.3 Å². The quantitative estimate of drug-likeness (QED) is 0.630. The van der Waals surface area contributed by atoms with E-state index < -0.39 is 17.6 Å². The Morgan fingerprint density at radius 2 is 1.70 bits per heavy atom. The molecule has 0 aliphatic carbocycles. The zero-order chi connectivity index (χ0) is 14.9. The molecule has 2 aromatic carbocycles. The fraction of sp³-hybridized carbons (Fsp3) is 0.143. The van der Waals surface area contributed by atoms with Crippen LogP contribution in [0.25, 0.3) is 0 Å². The third-order valence-corrected chi connectivity index (χ3v) is 2.66. The molecule has 0 bridgehead atoms. The number of rotatable bonds is 2. The highest BCUT2D eigenvalue weighted by molar-refractivity contribution is 5.65. The summed E-state index contributed by atoms with van der Waals surface area (Å²) in [4.78, 5) is 0. The van der Waals surface area contributed by atoms with Crippen LogP contribution in [0.1, 0.15) is 11.1 Å². The number of benzene rings is 2. The van der Waals surface area contributed by atoms with Gasteiger partial charge in [0.2, 0.25) is 0 Å². The first-order chi connectivity index (χ1) is 9.25. The van der Waals surface area contributed by atoms with Crippen molar-refractivity contribution in [2.75, 3.05) is 11.1 Å². The standard InChI is InChI=1S/C14H12F4N2/c1-8-4-9(19)6-11(5-8)20-10-2-3-13(15)12(7-10)14(16,17)18/h2-7,20H,19H2,1H3. The van der Waals surface area contributed by atoms with Gasteiger partial charge in [0, 0.05) is 17.1 Å². The van der Waals surface area contributed by atoms with Gasteiger partial charge < -0.3 is 11.1 Å². The Hall–Kier alpha value is -2.24. The number of nitrogens with one attached hydrogen (secondary N) is 1. The predicted molar refractivity (Wildman–Crippen MR) is 70.3 cm³/mol. The van der Waals surface area contributed by atoms with Crippen LogP contribution in [0.4, 0.5) is 34.6 Å². The Morgan fingerprint density at radius 3 is 2.30 bits per heavy atom. The Labute approximate surface area is 113 Å². The van der Waals surface area contributed by atoms with Crippen molar-refractivity contribution in [1.82, 2.24) is 0 Å². The molecule has 0 amide bonds. The molecule has 0 saturated carbocycles. The summed E-state index contributed by atoms with van der Waals surface area (Å²) in [5.74, 6) is -1.30. The topological polar surface area (TPSA) is 38.0 Å². The van der Waals surface area contributed by atoms with Crippen LogP contribution in [0, 0.1) is 12.7 Å². The fourth-order valence-electron chi connectivity index (χ4n) is 1.87. The van der Waals surface area contributed by atoms with Gasteiger partial charge in [-0.3, -0.25) is 0 Å². The lowest BCUT2D eigenvalue weighted by atomic mass is 10.1. The van der Waals surface area contributed by atoms with Crippen LogP contribution < -0.4 is 11.1 Å². The van der Waals surface area contributed by atoms with E-state index in [0.717, 1.165) is 17.7 Å².